The van der Waals surface area contributed by atoms with Crippen molar-refractivity contribution in [3.05, 3.63) is 10.6 Å². The van der Waals surface area contributed by atoms with Crippen molar-refractivity contribution in [2.75, 3.05) is 25.4 Å². The third-order valence-corrected chi connectivity index (χ3v) is 3.48. The Hall–Kier alpha value is -1.65. The number of hydrogen-bond donors (Lipinski definition) is 1. The second-order valence-corrected chi connectivity index (χ2v) is 4.74. The van der Waals surface area contributed by atoms with Crippen LogP contribution < -0.4 is 5.73 Å². The Kier molecular flexibility index (Phi) is 3.26. The normalized spacial score (nSPS) is 20.0. The lowest BCUT2D eigenvalue weighted by atomic mass is 10.2. The topological polar surface area (TPSA) is 92.2 Å². The number of amides is 1. The smallest absolute Gasteiger partial charge is 0.266 e. The summed E-state index contributed by atoms with van der Waals surface area (Å²) in [6.45, 7) is 2.93. The zero-order valence-corrected chi connectivity index (χ0v) is 10.2. The predicted octanol–water partition coefficient (Wildman–Crippen LogP) is 0.398. The van der Waals surface area contributed by atoms with Gasteiger partial charge in [-0.15, -0.1) is 0 Å². The number of nitriles is 1. The molecule has 1 unspecified atom stereocenters. The van der Waals surface area contributed by atoms with Crippen LogP contribution in [0.5, 0.6) is 0 Å². The summed E-state index contributed by atoms with van der Waals surface area (Å²) >= 11 is 1.18. The highest BCUT2D eigenvalue weighted by Gasteiger charge is 2.27. The van der Waals surface area contributed by atoms with Gasteiger partial charge in [-0.25, -0.2) is 4.98 Å². The van der Waals surface area contributed by atoms with Gasteiger partial charge in [0.1, 0.15) is 4.88 Å². The molecular weight excluding hydrogens is 240 g/mol. The number of carbonyl (C=O) groups is 1. The molecule has 1 fully saturated rings. The summed E-state index contributed by atoms with van der Waals surface area (Å²) in [5.41, 5.74) is 6.20. The van der Waals surface area contributed by atoms with E-state index in [-0.39, 0.29) is 5.91 Å². The molecule has 1 aromatic rings. The first kappa shape index (κ1) is 11.8. The quantitative estimate of drug-likeness (QED) is 0.781. The maximum Gasteiger partial charge on any atom is 0.266 e. The van der Waals surface area contributed by atoms with Gasteiger partial charge < -0.3 is 15.4 Å². The highest BCUT2D eigenvalue weighted by atomic mass is 32.1. The first-order valence-electron chi connectivity index (χ1n) is 5.15. The number of rotatable bonds is 1. The van der Waals surface area contributed by atoms with Gasteiger partial charge in [0.2, 0.25) is 0 Å². The summed E-state index contributed by atoms with van der Waals surface area (Å²) < 4.78 is 5.19. The van der Waals surface area contributed by atoms with Crippen LogP contribution in [0.3, 0.4) is 0 Å². The summed E-state index contributed by atoms with van der Waals surface area (Å²) in [5, 5.41) is 9.16. The van der Waals surface area contributed by atoms with E-state index < -0.39 is 6.10 Å². The fourth-order valence-electron chi connectivity index (χ4n) is 1.67. The predicted molar refractivity (Wildman–Crippen MR) is 62.5 cm³/mol. The molecular formula is C10H12N4O2S. The number of aromatic nitrogens is 1. The molecule has 0 aliphatic carbocycles. The Morgan fingerprint density at radius 1 is 1.76 bits per heavy atom. The minimum atomic E-state index is -0.543. The van der Waals surface area contributed by atoms with Gasteiger partial charge in [0, 0.05) is 6.54 Å². The molecule has 1 aromatic heterocycles. The number of carbonyl (C=O) groups excluding carboxylic acids is 1. The zero-order valence-electron chi connectivity index (χ0n) is 9.34. The minimum absolute atomic E-state index is 0.125. The van der Waals surface area contributed by atoms with Crippen molar-refractivity contribution in [2.45, 2.75) is 13.0 Å². The highest BCUT2D eigenvalue weighted by Crippen LogP contribution is 2.22. The van der Waals surface area contributed by atoms with Crippen molar-refractivity contribution in [2.24, 2.45) is 0 Å². The second-order valence-electron chi connectivity index (χ2n) is 3.71. The lowest BCUT2D eigenvalue weighted by Gasteiger charge is -2.29. The van der Waals surface area contributed by atoms with Crippen LogP contribution in [-0.4, -0.2) is 41.6 Å². The summed E-state index contributed by atoms with van der Waals surface area (Å²) in [4.78, 5) is 18.3. The molecule has 0 saturated carbocycles. The van der Waals surface area contributed by atoms with Gasteiger partial charge >= 0.3 is 0 Å². The number of hydrogen-bond acceptors (Lipinski definition) is 6. The average molecular weight is 252 g/mol. The molecule has 90 valence electrons. The van der Waals surface area contributed by atoms with Crippen LogP contribution in [0.25, 0.3) is 0 Å². The monoisotopic (exact) mass is 252 g/mol. The average Bonchev–Trinajstić information content (AvgIpc) is 2.67. The molecule has 0 spiro atoms. The van der Waals surface area contributed by atoms with Crippen molar-refractivity contribution in [1.82, 2.24) is 9.88 Å². The fraction of sp³-hybridized carbons (Fsp3) is 0.500. The van der Waals surface area contributed by atoms with E-state index in [0.29, 0.717) is 35.4 Å². The molecule has 2 rings (SSSR count). The Labute approximate surface area is 103 Å². The van der Waals surface area contributed by atoms with Crippen LogP contribution in [0, 0.1) is 18.3 Å². The molecule has 1 aliphatic heterocycles. The number of morpholine rings is 1. The summed E-state index contributed by atoms with van der Waals surface area (Å²) in [6, 6.07) is 2.01. The van der Waals surface area contributed by atoms with Crippen molar-refractivity contribution < 1.29 is 9.53 Å². The molecule has 6 nitrogen and oxygen atoms in total. The lowest BCUT2D eigenvalue weighted by molar-refractivity contribution is 0.00365. The van der Waals surface area contributed by atoms with E-state index in [1.165, 1.54) is 11.3 Å². The van der Waals surface area contributed by atoms with Crippen molar-refractivity contribution in [3.63, 3.8) is 0 Å². The maximum absolute atomic E-state index is 12.2. The molecule has 1 amide bonds. The fourth-order valence-corrected chi connectivity index (χ4v) is 2.47. The number of nitrogen functional groups attached to an aromatic ring is 1. The number of thiazole rings is 1. The first-order valence-corrected chi connectivity index (χ1v) is 5.97. The highest BCUT2D eigenvalue weighted by molar-refractivity contribution is 7.17. The van der Waals surface area contributed by atoms with E-state index in [4.69, 9.17) is 15.7 Å². The van der Waals surface area contributed by atoms with E-state index in [1.54, 1.807) is 11.8 Å². The van der Waals surface area contributed by atoms with E-state index in [1.807, 2.05) is 6.07 Å². The molecule has 0 bridgehead atoms. The van der Waals surface area contributed by atoms with E-state index >= 15 is 0 Å². The molecule has 17 heavy (non-hydrogen) atoms. The Morgan fingerprint density at radius 3 is 3.12 bits per heavy atom. The standard InChI is InChI=1S/C10H12N4O2S/c1-6-8(17-10(12)13-6)9(15)14-2-3-16-7(4-11)5-14/h7H,2-3,5H2,1H3,(H2,12,13). The Balaban J connectivity index is 2.15. The van der Waals surface area contributed by atoms with Gasteiger partial charge in [-0.05, 0) is 6.92 Å². The molecule has 1 aliphatic rings. The molecule has 0 aromatic carbocycles. The number of nitrogens with two attached hydrogens (primary N) is 1. The van der Waals surface area contributed by atoms with E-state index in [9.17, 15) is 4.79 Å². The van der Waals surface area contributed by atoms with Gasteiger partial charge in [-0.1, -0.05) is 11.3 Å². The summed E-state index contributed by atoms with van der Waals surface area (Å²) in [6.07, 6.45) is -0.543. The second kappa shape index (κ2) is 4.69. The van der Waals surface area contributed by atoms with Crippen molar-refractivity contribution in [1.29, 1.82) is 5.26 Å². The third-order valence-electron chi connectivity index (χ3n) is 2.51. The first-order chi connectivity index (χ1) is 8.11. The van der Waals surface area contributed by atoms with Gasteiger partial charge in [0.05, 0.1) is 24.9 Å². The number of nitrogens with zero attached hydrogens (tertiary/aromatic N) is 3. The Morgan fingerprint density at radius 2 is 2.53 bits per heavy atom. The van der Waals surface area contributed by atoms with Crippen molar-refractivity contribution in [3.8, 4) is 6.07 Å². The van der Waals surface area contributed by atoms with Crippen molar-refractivity contribution >= 4 is 22.4 Å². The minimum Gasteiger partial charge on any atom is -0.375 e. The van der Waals surface area contributed by atoms with E-state index in [0.717, 1.165) is 0 Å². The molecule has 0 radical (unpaired) electrons. The van der Waals surface area contributed by atoms with Gasteiger partial charge in [0.15, 0.2) is 11.2 Å². The van der Waals surface area contributed by atoms with Crippen LogP contribution in [-0.2, 0) is 4.74 Å². The zero-order chi connectivity index (χ0) is 12.4. The third kappa shape index (κ3) is 2.38. The van der Waals surface area contributed by atoms with Gasteiger partial charge in [0.25, 0.3) is 5.91 Å². The van der Waals surface area contributed by atoms with Crippen LogP contribution in [0.15, 0.2) is 0 Å². The van der Waals surface area contributed by atoms with Gasteiger partial charge in [-0.2, -0.15) is 5.26 Å². The van der Waals surface area contributed by atoms with Crippen LogP contribution in [0.4, 0.5) is 5.13 Å². The SMILES string of the molecule is Cc1nc(N)sc1C(=O)N1CCOC(C#N)C1. The maximum atomic E-state index is 12.2. The van der Waals surface area contributed by atoms with Crippen LogP contribution in [0.1, 0.15) is 15.4 Å². The van der Waals surface area contributed by atoms with E-state index in [2.05, 4.69) is 4.98 Å². The molecule has 7 heteroatoms. The Bertz CT molecular complexity index is 479. The summed E-state index contributed by atoms with van der Waals surface area (Å²) in [5.74, 6) is -0.125. The lowest BCUT2D eigenvalue weighted by Crippen LogP contribution is -2.45. The molecule has 1 saturated heterocycles. The van der Waals surface area contributed by atoms with Crippen LogP contribution in [0.2, 0.25) is 0 Å². The van der Waals surface area contributed by atoms with Crippen LogP contribution >= 0.6 is 11.3 Å². The number of anilines is 1. The van der Waals surface area contributed by atoms with Gasteiger partial charge in [-0.3, -0.25) is 4.79 Å². The molecule has 2 heterocycles. The molecule has 2 N–H and O–H groups in total. The molecule has 1 atom stereocenters. The largest absolute Gasteiger partial charge is 0.375 e. The number of ether oxygens (including phenoxy) is 1. The number of aryl methyl sites for hydroxylation is 1. The summed E-state index contributed by atoms with van der Waals surface area (Å²) in [7, 11) is 0.